The van der Waals surface area contributed by atoms with Crippen LogP contribution in [0.25, 0.3) is 0 Å². The minimum Gasteiger partial charge on any atom is -0.496 e. The normalized spacial score (nSPS) is 15.6. The number of fused-ring (bicyclic) bond motifs is 1. The number of aliphatic carboxylic acids is 2. The molecule has 2 aromatic carbocycles. The number of benzene rings is 2. The zero-order valence-electron chi connectivity index (χ0n) is 20.8. The van der Waals surface area contributed by atoms with Gasteiger partial charge in [-0.05, 0) is 73.7 Å². The van der Waals surface area contributed by atoms with Gasteiger partial charge in [0.05, 0.1) is 18.7 Å². The fourth-order valence-corrected chi connectivity index (χ4v) is 4.63. The number of piperidine rings is 1. The van der Waals surface area contributed by atoms with Crippen LogP contribution >= 0.6 is 0 Å². The molecule has 9 nitrogen and oxygen atoms in total. The summed E-state index contributed by atoms with van der Waals surface area (Å²) in [6, 6.07) is 15.8. The lowest BCUT2D eigenvalue weighted by Gasteiger charge is -2.34. The SMILES string of the molecule is COc1ccccc1CCN1CCC(CN2Cc3cc(C#N)ccc3C2=O)CC1.O=C(O)/C=C/C(=O)O. The van der Waals surface area contributed by atoms with E-state index in [1.165, 1.54) is 5.56 Å². The fourth-order valence-electron chi connectivity index (χ4n) is 4.63. The lowest BCUT2D eigenvalue weighted by Crippen LogP contribution is -2.39. The summed E-state index contributed by atoms with van der Waals surface area (Å²) in [7, 11) is 1.73. The highest BCUT2D eigenvalue weighted by Gasteiger charge is 2.30. The van der Waals surface area contributed by atoms with Crippen LogP contribution in [0.2, 0.25) is 0 Å². The Morgan fingerprint density at radius 1 is 1.11 bits per heavy atom. The molecule has 0 aliphatic carbocycles. The molecule has 37 heavy (non-hydrogen) atoms. The van der Waals surface area contributed by atoms with E-state index < -0.39 is 11.9 Å². The van der Waals surface area contributed by atoms with Gasteiger partial charge in [-0.2, -0.15) is 5.26 Å². The molecule has 2 aliphatic heterocycles. The van der Waals surface area contributed by atoms with Gasteiger partial charge in [0.25, 0.3) is 5.91 Å². The average molecular weight is 506 g/mol. The highest BCUT2D eigenvalue weighted by Crippen LogP contribution is 2.27. The molecule has 0 aromatic heterocycles. The van der Waals surface area contributed by atoms with Crippen molar-refractivity contribution in [1.29, 1.82) is 5.26 Å². The molecule has 0 saturated carbocycles. The third kappa shape index (κ3) is 7.92. The number of hydrogen-bond acceptors (Lipinski definition) is 6. The molecule has 2 N–H and O–H groups in total. The summed E-state index contributed by atoms with van der Waals surface area (Å²) in [6.45, 7) is 4.65. The first-order valence-electron chi connectivity index (χ1n) is 12.1. The second-order valence-corrected chi connectivity index (χ2v) is 9.03. The fraction of sp³-hybridized carbons (Fsp3) is 0.357. The molecular formula is C28H31N3O6. The monoisotopic (exact) mass is 505 g/mol. The molecule has 2 aromatic rings. The van der Waals surface area contributed by atoms with Gasteiger partial charge >= 0.3 is 11.9 Å². The molecule has 4 rings (SSSR count). The lowest BCUT2D eigenvalue weighted by molar-refractivity contribution is -0.134. The molecule has 1 saturated heterocycles. The van der Waals surface area contributed by atoms with Crippen LogP contribution in [0, 0.1) is 17.2 Å². The Labute approximate surface area is 216 Å². The van der Waals surface area contributed by atoms with Crippen molar-refractivity contribution < 1.29 is 29.3 Å². The van der Waals surface area contributed by atoms with Crippen molar-refractivity contribution in [3.63, 3.8) is 0 Å². The summed E-state index contributed by atoms with van der Waals surface area (Å²) < 4.78 is 5.45. The van der Waals surface area contributed by atoms with E-state index in [0.717, 1.165) is 62.3 Å². The Morgan fingerprint density at radius 3 is 2.41 bits per heavy atom. The van der Waals surface area contributed by atoms with Crippen LogP contribution in [0.15, 0.2) is 54.6 Å². The van der Waals surface area contributed by atoms with Crippen LogP contribution in [0.3, 0.4) is 0 Å². The maximum atomic E-state index is 12.7. The first-order valence-corrected chi connectivity index (χ1v) is 12.1. The van der Waals surface area contributed by atoms with Crippen LogP contribution in [0.5, 0.6) is 5.75 Å². The molecule has 0 radical (unpaired) electrons. The maximum absolute atomic E-state index is 12.7. The van der Waals surface area contributed by atoms with Crippen LogP contribution in [-0.4, -0.2) is 71.1 Å². The molecule has 194 valence electrons. The van der Waals surface area contributed by atoms with Crippen molar-refractivity contribution in [3.05, 3.63) is 76.9 Å². The van der Waals surface area contributed by atoms with Gasteiger partial charge in [0.2, 0.25) is 0 Å². The summed E-state index contributed by atoms with van der Waals surface area (Å²) in [5, 5.41) is 24.7. The van der Waals surface area contributed by atoms with Gasteiger partial charge in [-0.1, -0.05) is 18.2 Å². The Hall–Kier alpha value is -4.16. The van der Waals surface area contributed by atoms with Gasteiger partial charge in [0, 0.05) is 37.3 Å². The van der Waals surface area contributed by atoms with E-state index in [2.05, 4.69) is 23.1 Å². The number of likely N-dealkylation sites (tertiary alicyclic amines) is 1. The molecular weight excluding hydrogens is 474 g/mol. The van der Waals surface area contributed by atoms with Crippen molar-refractivity contribution in [2.45, 2.75) is 25.8 Å². The molecule has 0 atom stereocenters. The zero-order valence-corrected chi connectivity index (χ0v) is 20.8. The number of nitrogens with zero attached hydrogens (tertiary/aromatic N) is 3. The standard InChI is InChI=1S/C24H27N3O2.C4H4O4/c1-29-23-5-3-2-4-20(23)10-13-26-11-8-18(9-12-26)16-27-17-21-14-19(15-25)6-7-22(21)24(27)28;5-3(6)1-2-4(7)8/h2-7,14,18H,8-13,16-17H2,1H3;1-2H,(H,5,6)(H,7,8)/b;2-1+. The number of carboxylic acids is 2. The summed E-state index contributed by atoms with van der Waals surface area (Å²) in [4.78, 5) is 36.3. The number of rotatable bonds is 8. The number of carbonyl (C=O) groups is 3. The smallest absolute Gasteiger partial charge is 0.328 e. The van der Waals surface area contributed by atoms with Crippen molar-refractivity contribution in [2.24, 2.45) is 5.92 Å². The number of hydrogen-bond donors (Lipinski definition) is 2. The number of methoxy groups -OCH3 is 1. The highest BCUT2D eigenvalue weighted by molar-refractivity contribution is 5.98. The Balaban J connectivity index is 0.000000414. The van der Waals surface area contributed by atoms with Gasteiger partial charge in [0.15, 0.2) is 0 Å². The van der Waals surface area contributed by atoms with E-state index in [4.69, 9.17) is 20.2 Å². The minimum atomic E-state index is -1.26. The van der Waals surface area contributed by atoms with E-state index in [1.807, 2.05) is 23.1 Å². The molecule has 1 fully saturated rings. The van der Waals surface area contributed by atoms with E-state index in [0.29, 0.717) is 30.2 Å². The van der Waals surface area contributed by atoms with Gasteiger partial charge in [-0.15, -0.1) is 0 Å². The lowest BCUT2D eigenvalue weighted by atomic mass is 9.96. The van der Waals surface area contributed by atoms with Gasteiger partial charge < -0.3 is 24.7 Å². The van der Waals surface area contributed by atoms with Crippen LogP contribution in [0.4, 0.5) is 0 Å². The molecule has 9 heteroatoms. The second-order valence-electron chi connectivity index (χ2n) is 9.03. The molecule has 2 heterocycles. The number of nitriles is 1. The summed E-state index contributed by atoms with van der Waals surface area (Å²) in [6.07, 6.45) is 4.35. The predicted octanol–water partition coefficient (Wildman–Crippen LogP) is 3.19. The average Bonchev–Trinajstić information content (AvgIpc) is 3.21. The summed E-state index contributed by atoms with van der Waals surface area (Å²) >= 11 is 0. The van der Waals surface area contributed by atoms with Crippen LogP contribution in [-0.2, 0) is 22.6 Å². The summed E-state index contributed by atoms with van der Waals surface area (Å²) in [5.74, 6) is -0.886. The maximum Gasteiger partial charge on any atom is 0.328 e. The molecule has 0 unspecified atom stereocenters. The van der Waals surface area contributed by atoms with Crippen molar-refractivity contribution in [2.75, 3.05) is 33.3 Å². The topological polar surface area (TPSA) is 131 Å². The molecule has 0 bridgehead atoms. The van der Waals surface area contributed by atoms with Crippen molar-refractivity contribution in [3.8, 4) is 11.8 Å². The van der Waals surface area contributed by atoms with E-state index in [9.17, 15) is 14.4 Å². The first-order chi connectivity index (χ1) is 17.8. The Bertz CT molecular complexity index is 1180. The number of carbonyl (C=O) groups excluding carboxylic acids is 1. The highest BCUT2D eigenvalue weighted by atomic mass is 16.5. The quantitative estimate of drug-likeness (QED) is 0.523. The van der Waals surface area contributed by atoms with E-state index >= 15 is 0 Å². The van der Waals surface area contributed by atoms with Gasteiger partial charge in [0.1, 0.15) is 5.75 Å². The number of ether oxygens (including phenoxy) is 1. The molecule has 0 spiro atoms. The van der Waals surface area contributed by atoms with Crippen LogP contribution in [0.1, 0.15) is 39.9 Å². The number of amides is 1. The third-order valence-corrected chi connectivity index (χ3v) is 6.56. The number of carboxylic acid groups (broad SMARTS) is 2. The van der Waals surface area contributed by atoms with Gasteiger partial charge in [-0.3, -0.25) is 4.79 Å². The molecule has 2 aliphatic rings. The third-order valence-electron chi connectivity index (χ3n) is 6.56. The second kappa shape index (κ2) is 13.2. The molecule has 1 amide bonds. The minimum absolute atomic E-state index is 0.114. The Kier molecular flexibility index (Phi) is 9.81. The van der Waals surface area contributed by atoms with E-state index in [1.54, 1.807) is 19.2 Å². The summed E-state index contributed by atoms with van der Waals surface area (Å²) in [5.41, 5.74) is 3.64. The first kappa shape index (κ1) is 27.4. The predicted molar refractivity (Wildman–Crippen MR) is 136 cm³/mol. The van der Waals surface area contributed by atoms with Crippen molar-refractivity contribution >= 4 is 17.8 Å². The Morgan fingerprint density at radius 2 is 1.78 bits per heavy atom. The van der Waals surface area contributed by atoms with Crippen molar-refractivity contribution in [1.82, 2.24) is 9.80 Å². The largest absolute Gasteiger partial charge is 0.496 e. The van der Waals surface area contributed by atoms with Crippen LogP contribution < -0.4 is 4.74 Å². The zero-order chi connectivity index (χ0) is 26.8. The number of para-hydroxylation sites is 1. The van der Waals surface area contributed by atoms with Gasteiger partial charge in [-0.25, -0.2) is 9.59 Å². The van der Waals surface area contributed by atoms with E-state index in [-0.39, 0.29) is 5.91 Å².